The Morgan fingerprint density at radius 1 is 0.941 bits per heavy atom. The van der Waals surface area contributed by atoms with Crippen LogP contribution in [0, 0.1) is 5.92 Å². The second-order valence-electron chi connectivity index (χ2n) is 8.73. The molecule has 2 unspecified atom stereocenters. The number of hydrogen-bond donors (Lipinski definition) is 3. The summed E-state index contributed by atoms with van der Waals surface area (Å²) in [5.74, 6) is -2.24. The zero-order valence-corrected chi connectivity index (χ0v) is 18.4. The molecule has 4 rings (SSSR count). The predicted octanol–water partition coefficient (Wildman–Crippen LogP) is 3.92. The Labute approximate surface area is 195 Å². The highest BCUT2D eigenvalue weighted by atomic mass is 19.3. The number of carbonyl (C=O) groups is 3. The van der Waals surface area contributed by atoms with Crippen molar-refractivity contribution in [2.24, 2.45) is 5.92 Å². The summed E-state index contributed by atoms with van der Waals surface area (Å²) in [4.78, 5) is 36.4. The summed E-state index contributed by atoms with van der Waals surface area (Å²) in [5.41, 5.74) is 4.06. The van der Waals surface area contributed by atoms with Gasteiger partial charge in [-0.15, -0.1) is 0 Å². The van der Waals surface area contributed by atoms with E-state index in [4.69, 9.17) is 4.74 Å². The number of alkyl halides is 2. The van der Waals surface area contributed by atoms with Crippen LogP contribution < -0.4 is 10.6 Å². The summed E-state index contributed by atoms with van der Waals surface area (Å²) < 4.78 is 31.5. The Balaban J connectivity index is 1.39. The third-order valence-corrected chi connectivity index (χ3v) is 6.25. The van der Waals surface area contributed by atoms with Gasteiger partial charge in [0.15, 0.2) is 0 Å². The molecule has 2 atom stereocenters. The lowest BCUT2D eigenvalue weighted by molar-refractivity contribution is -0.142. The van der Waals surface area contributed by atoms with Crippen molar-refractivity contribution in [2.45, 2.75) is 50.1 Å². The highest BCUT2D eigenvalue weighted by molar-refractivity contribution is 5.89. The van der Waals surface area contributed by atoms with Gasteiger partial charge in [0, 0.05) is 12.3 Å². The molecular weight excluding hydrogens is 446 g/mol. The maximum Gasteiger partial charge on any atom is 0.407 e. The molecule has 7 nitrogen and oxygen atoms in total. The molecule has 0 saturated heterocycles. The van der Waals surface area contributed by atoms with Crippen LogP contribution in [0.2, 0.25) is 0 Å². The molecule has 2 aromatic carbocycles. The van der Waals surface area contributed by atoms with Crippen molar-refractivity contribution in [3.63, 3.8) is 0 Å². The summed E-state index contributed by atoms with van der Waals surface area (Å²) in [7, 11) is 0. The van der Waals surface area contributed by atoms with Crippen LogP contribution in [0.5, 0.6) is 0 Å². The fourth-order valence-electron chi connectivity index (χ4n) is 4.37. The van der Waals surface area contributed by atoms with Gasteiger partial charge < -0.3 is 20.5 Å². The lowest BCUT2D eigenvalue weighted by Gasteiger charge is -2.22. The van der Waals surface area contributed by atoms with Crippen LogP contribution in [0.15, 0.2) is 48.5 Å². The van der Waals surface area contributed by atoms with E-state index < -0.39 is 42.9 Å². The van der Waals surface area contributed by atoms with Gasteiger partial charge in [0.05, 0.1) is 0 Å². The Morgan fingerprint density at radius 2 is 1.53 bits per heavy atom. The molecule has 2 aliphatic carbocycles. The minimum Gasteiger partial charge on any atom is -0.480 e. The molecule has 2 amide bonds. The Kier molecular flexibility index (Phi) is 7.09. The van der Waals surface area contributed by atoms with Crippen LogP contribution in [-0.4, -0.2) is 48.2 Å². The van der Waals surface area contributed by atoms with Gasteiger partial charge in [0.1, 0.15) is 18.7 Å². The van der Waals surface area contributed by atoms with Crippen LogP contribution in [-0.2, 0) is 14.3 Å². The number of carboxylic acids is 1. The van der Waals surface area contributed by atoms with E-state index in [-0.39, 0.29) is 24.9 Å². The molecule has 34 heavy (non-hydrogen) atoms. The van der Waals surface area contributed by atoms with Crippen molar-refractivity contribution >= 4 is 18.0 Å². The first kappa shape index (κ1) is 23.7. The minimum absolute atomic E-state index is 0.0394. The molecule has 180 valence electrons. The maximum atomic E-state index is 13.1. The van der Waals surface area contributed by atoms with Crippen LogP contribution in [0.1, 0.15) is 42.7 Å². The highest BCUT2D eigenvalue weighted by Gasteiger charge is 2.34. The van der Waals surface area contributed by atoms with E-state index in [0.29, 0.717) is 0 Å². The number of hydrogen-bond acceptors (Lipinski definition) is 4. The van der Waals surface area contributed by atoms with Gasteiger partial charge in [-0.25, -0.2) is 18.4 Å². The lowest BCUT2D eigenvalue weighted by Crippen LogP contribution is -2.52. The first-order chi connectivity index (χ1) is 16.3. The van der Waals surface area contributed by atoms with Crippen LogP contribution in [0.4, 0.5) is 13.6 Å². The van der Waals surface area contributed by atoms with E-state index in [2.05, 4.69) is 10.6 Å². The number of rotatable bonds is 10. The summed E-state index contributed by atoms with van der Waals surface area (Å²) in [6.45, 7) is -0.0394. The Hall–Kier alpha value is -3.49. The number of carboxylic acid groups (broad SMARTS) is 1. The molecular formula is C25H26F2N2O5. The van der Waals surface area contributed by atoms with Gasteiger partial charge in [-0.1, -0.05) is 61.4 Å². The topological polar surface area (TPSA) is 105 Å². The van der Waals surface area contributed by atoms with Gasteiger partial charge in [-0.2, -0.15) is 0 Å². The molecule has 0 bridgehead atoms. The predicted molar refractivity (Wildman–Crippen MR) is 120 cm³/mol. The molecule has 3 N–H and O–H groups in total. The second kappa shape index (κ2) is 10.2. The second-order valence-corrected chi connectivity index (χ2v) is 8.73. The number of ether oxygens (including phenoxy) is 1. The van der Waals surface area contributed by atoms with Gasteiger partial charge in [0.2, 0.25) is 12.3 Å². The van der Waals surface area contributed by atoms with Gasteiger partial charge >= 0.3 is 12.1 Å². The monoisotopic (exact) mass is 472 g/mol. The van der Waals surface area contributed by atoms with Crippen LogP contribution in [0.3, 0.4) is 0 Å². The fourth-order valence-corrected chi connectivity index (χ4v) is 4.37. The molecule has 2 aliphatic rings. The third-order valence-electron chi connectivity index (χ3n) is 6.25. The molecule has 0 radical (unpaired) electrons. The number of benzene rings is 2. The standard InChI is InChI=1S/C25H26F2N2O5/c26-22(27)12-20(23(30)28-21(24(31)32)11-14-9-10-14)29-25(33)34-13-19-17-7-3-1-5-15(17)16-6-2-4-8-18(16)19/h1-8,14,19-22H,9-13H2,(H,28,30)(H,29,33)(H,31,32). The van der Waals surface area contributed by atoms with Crippen molar-refractivity contribution < 1.29 is 33.0 Å². The largest absolute Gasteiger partial charge is 0.480 e. The highest BCUT2D eigenvalue weighted by Crippen LogP contribution is 2.44. The number of halogens is 2. The molecule has 9 heteroatoms. The van der Waals surface area contributed by atoms with Gasteiger partial charge in [-0.05, 0) is 34.6 Å². The molecule has 1 saturated carbocycles. The molecule has 0 spiro atoms. The van der Waals surface area contributed by atoms with Crippen molar-refractivity contribution in [3.05, 3.63) is 59.7 Å². The zero-order chi connectivity index (χ0) is 24.2. The number of nitrogens with one attached hydrogen (secondary N) is 2. The molecule has 2 aromatic rings. The first-order valence-corrected chi connectivity index (χ1v) is 11.3. The smallest absolute Gasteiger partial charge is 0.407 e. The van der Waals surface area contributed by atoms with E-state index in [0.717, 1.165) is 35.1 Å². The quantitative estimate of drug-likeness (QED) is 0.486. The van der Waals surface area contributed by atoms with E-state index in [1.807, 2.05) is 48.5 Å². The molecule has 0 aliphatic heterocycles. The fraction of sp³-hybridized carbons (Fsp3) is 0.400. The Bertz CT molecular complexity index is 1030. The van der Waals surface area contributed by atoms with Crippen molar-refractivity contribution in [2.75, 3.05) is 6.61 Å². The van der Waals surface area contributed by atoms with Crippen molar-refractivity contribution in [1.29, 1.82) is 0 Å². The van der Waals surface area contributed by atoms with Crippen LogP contribution >= 0.6 is 0 Å². The van der Waals surface area contributed by atoms with Crippen molar-refractivity contribution in [3.8, 4) is 11.1 Å². The minimum atomic E-state index is -2.88. The van der Waals surface area contributed by atoms with E-state index in [1.165, 1.54) is 0 Å². The SMILES string of the molecule is O=C(NC(CC(F)F)C(=O)NC(CC1CC1)C(=O)O)OCC1c2ccccc2-c2ccccc21. The summed E-state index contributed by atoms with van der Waals surface area (Å²) in [6.07, 6.45) is -2.87. The zero-order valence-electron chi connectivity index (χ0n) is 18.4. The van der Waals surface area contributed by atoms with Crippen LogP contribution in [0.25, 0.3) is 11.1 Å². The van der Waals surface area contributed by atoms with E-state index in [1.54, 1.807) is 0 Å². The molecule has 0 aromatic heterocycles. The average molecular weight is 472 g/mol. The summed E-state index contributed by atoms with van der Waals surface area (Å²) in [6, 6.07) is 12.7. The number of amides is 2. The normalized spacial score (nSPS) is 16.3. The molecule has 0 heterocycles. The Morgan fingerprint density at radius 3 is 2.06 bits per heavy atom. The third kappa shape index (κ3) is 5.52. The lowest BCUT2D eigenvalue weighted by atomic mass is 9.98. The van der Waals surface area contributed by atoms with E-state index in [9.17, 15) is 28.3 Å². The number of alkyl carbamates (subject to hydrolysis) is 1. The molecule has 1 fully saturated rings. The summed E-state index contributed by atoms with van der Waals surface area (Å²) in [5, 5.41) is 13.8. The van der Waals surface area contributed by atoms with Gasteiger partial charge in [-0.3, -0.25) is 4.79 Å². The number of fused-ring (bicyclic) bond motifs is 3. The maximum absolute atomic E-state index is 13.1. The average Bonchev–Trinajstić information content (AvgIpc) is 3.57. The summed E-state index contributed by atoms with van der Waals surface area (Å²) >= 11 is 0. The first-order valence-electron chi connectivity index (χ1n) is 11.3. The number of carbonyl (C=O) groups excluding carboxylic acids is 2. The van der Waals surface area contributed by atoms with Crippen molar-refractivity contribution in [1.82, 2.24) is 10.6 Å². The van der Waals surface area contributed by atoms with E-state index >= 15 is 0 Å². The number of aliphatic carboxylic acids is 1. The van der Waals surface area contributed by atoms with Gasteiger partial charge in [0.25, 0.3) is 0 Å².